The van der Waals surface area contributed by atoms with Crippen molar-refractivity contribution in [2.75, 3.05) is 0 Å². The first-order valence-electron chi connectivity index (χ1n) is 2.89. The summed E-state index contributed by atoms with van der Waals surface area (Å²) in [7, 11) is 0. The van der Waals surface area contributed by atoms with Gasteiger partial charge in [-0.25, -0.2) is 4.39 Å². The average molecular weight is 223 g/mol. The van der Waals surface area contributed by atoms with Gasteiger partial charge in [0, 0.05) is 0 Å². The van der Waals surface area contributed by atoms with E-state index in [1.807, 2.05) is 0 Å². The van der Waals surface area contributed by atoms with Crippen LogP contribution >= 0.6 is 27.3 Å². The van der Waals surface area contributed by atoms with E-state index >= 15 is 0 Å². The number of rotatable bonds is 1. The third-order valence-electron chi connectivity index (χ3n) is 1.47. The van der Waals surface area contributed by atoms with Crippen LogP contribution < -0.4 is 0 Å². The highest BCUT2D eigenvalue weighted by atomic mass is 79.9. The Morgan fingerprint density at radius 3 is 2.60 bits per heavy atom. The molecular formula is C5H4BrFN2S. The van der Waals surface area contributed by atoms with Crippen molar-refractivity contribution in [1.82, 2.24) is 10.2 Å². The fourth-order valence-electron chi connectivity index (χ4n) is 0.710. The molecule has 0 bridgehead atoms. The molecule has 0 spiro atoms. The van der Waals surface area contributed by atoms with Gasteiger partial charge in [0.15, 0.2) is 14.6 Å². The Morgan fingerprint density at radius 1 is 1.50 bits per heavy atom. The Bertz CT molecular complexity index is 258. The topological polar surface area (TPSA) is 25.8 Å². The number of halogens is 2. The molecule has 2 rings (SSSR count). The Kier molecular flexibility index (Phi) is 1.32. The largest absolute Gasteiger partial charge is 0.236 e. The number of nitrogens with zero attached hydrogens (tertiary/aromatic N) is 2. The van der Waals surface area contributed by atoms with Crippen molar-refractivity contribution in [3.63, 3.8) is 0 Å². The van der Waals surface area contributed by atoms with Gasteiger partial charge in [0.25, 0.3) is 0 Å². The Morgan fingerprint density at radius 2 is 2.20 bits per heavy atom. The lowest BCUT2D eigenvalue weighted by atomic mass is 10.4. The molecule has 0 aliphatic heterocycles. The van der Waals surface area contributed by atoms with Crippen molar-refractivity contribution in [3.05, 3.63) is 8.92 Å². The smallest absolute Gasteiger partial charge is 0.183 e. The van der Waals surface area contributed by atoms with Crippen LogP contribution in [0.15, 0.2) is 3.92 Å². The maximum Gasteiger partial charge on any atom is 0.183 e. The first kappa shape index (κ1) is 6.67. The summed E-state index contributed by atoms with van der Waals surface area (Å²) >= 11 is 4.41. The normalized spacial score (nSPS) is 21.0. The minimum atomic E-state index is -1.12. The maximum atomic E-state index is 13.1. The van der Waals surface area contributed by atoms with E-state index in [0.717, 1.165) is 0 Å². The quantitative estimate of drug-likeness (QED) is 0.729. The van der Waals surface area contributed by atoms with E-state index in [1.165, 1.54) is 11.3 Å². The molecule has 1 aliphatic carbocycles. The van der Waals surface area contributed by atoms with Gasteiger partial charge in [0.2, 0.25) is 0 Å². The molecule has 1 saturated carbocycles. The Balaban J connectivity index is 2.34. The minimum absolute atomic E-state index is 0.513. The zero-order valence-electron chi connectivity index (χ0n) is 4.97. The van der Waals surface area contributed by atoms with Crippen LogP contribution in [-0.2, 0) is 5.67 Å². The summed E-state index contributed by atoms with van der Waals surface area (Å²) in [5, 5.41) is 7.88. The monoisotopic (exact) mass is 222 g/mol. The molecule has 1 fully saturated rings. The number of hydrogen-bond acceptors (Lipinski definition) is 3. The predicted molar refractivity (Wildman–Crippen MR) is 39.6 cm³/mol. The van der Waals surface area contributed by atoms with Crippen LogP contribution in [0.2, 0.25) is 0 Å². The first-order valence-corrected chi connectivity index (χ1v) is 4.50. The molecule has 1 aliphatic rings. The van der Waals surface area contributed by atoms with Gasteiger partial charge in [0.05, 0.1) is 0 Å². The molecule has 0 amide bonds. The molecule has 54 valence electrons. The SMILES string of the molecule is FC1(c2nnc(Br)s2)CC1. The van der Waals surface area contributed by atoms with E-state index in [4.69, 9.17) is 0 Å². The summed E-state index contributed by atoms with van der Waals surface area (Å²) in [6.07, 6.45) is 1.21. The fraction of sp³-hybridized carbons (Fsp3) is 0.600. The second kappa shape index (κ2) is 1.98. The summed E-state index contributed by atoms with van der Waals surface area (Å²) in [5.74, 6) is 0. The van der Waals surface area contributed by atoms with Crippen LogP contribution in [0.4, 0.5) is 4.39 Å². The van der Waals surface area contributed by atoms with Crippen molar-refractivity contribution in [2.24, 2.45) is 0 Å². The van der Waals surface area contributed by atoms with Gasteiger partial charge in [-0.15, -0.1) is 10.2 Å². The van der Waals surface area contributed by atoms with E-state index in [1.54, 1.807) is 0 Å². The summed E-state index contributed by atoms with van der Waals surface area (Å²) < 4.78 is 13.8. The van der Waals surface area contributed by atoms with Crippen molar-refractivity contribution in [3.8, 4) is 0 Å². The zero-order chi connectivity index (χ0) is 7.19. The number of alkyl halides is 1. The average Bonchev–Trinajstić information content (AvgIpc) is 2.45. The molecule has 0 unspecified atom stereocenters. The van der Waals surface area contributed by atoms with Crippen molar-refractivity contribution < 1.29 is 4.39 Å². The first-order chi connectivity index (χ1) is 4.71. The minimum Gasteiger partial charge on any atom is -0.236 e. The van der Waals surface area contributed by atoms with Gasteiger partial charge in [-0.05, 0) is 28.8 Å². The van der Waals surface area contributed by atoms with E-state index < -0.39 is 5.67 Å². The molecular weight excluding hydrogens is 219 g/mol. The third-order valence-corrected chi connectivity index (χ3v) is 3.01. The van der Waals surface area contributed by atoms with Crippen LogP contribution in [0.3, 0.4) is 0 Å². The summed E-state index contributed by atoms with van der Waals surface area (Å²) in [6, 6.07) is 0. The molecule has 0 N–H and O–H groups in total. The molecule has 1 aromatic heterocycles. The van der Waals surface area contributed by atoms with Gasteiger partial charge in [-0.2, -0.15) is 0 Å². The summed E-state index contributed by atoms with van der Waals surface area (Å²) in [4.78, 5) is 0. The Hall–Kier alpha value is -0.0300. The van der Waals surface area contributed by atoms with Gasteiger partial charge in [-0.1, -0.05) is 11.3 Å². The van der Waals surface area contributed by atoms with Crippen LogP contribution in [0.5, 0.6) is 0 Å². The van der Waals surface area contributed by atoms with E-state index in [2.05, 4.69) is 26.1 Å². The van der Waals surface area contributed by atoms with E-state index in [9.17, 15) is 4.39 Å². The number of aromatic nitrogens is 2. The van der Waals surface area contributed by atoms with Crippen LogP contribution in [0.25, 0.3) is 0 Å². The van der Waals surface area contributed by atoms with E-state index in [-0.39, 0.29) is 0 Å². The molecule has 1 aromatic rings. The summed E-state index contributed by atoms with van der Waals surface area (Å²) in [6.45, 7) is 0. The van der Waals surface area contributed by atoms with Gasteiger partial charge in [-0.3, -0.25) is 0 Å². The maximum absolute atomic E-state index is 13.1. The second-order valence-electron chi connectivity index (χ2n) is 2.33. The molecule has 0 aromatic carbocycles. The highest BCUT2D eigenvalue weighted by Gasteiger charge is 2.48. The molecule has 2 nitrogen and oxygen atoms in total. The molecule has 5 heteroatoms. The van der Waals surface area contributed by atoms with Gasteiger partial charge in [0.1, 0.15) is 0 Å². The predicted octanol–water partition coefficient (Wildman–Crippen LogP) is 2.26. The second-order valence-corrected chi connectivity index (χ2v) is 4.58. The van der Waals surface area contributed by atoms with Crippen LogP contribution in [0.1, 0.15) is 17.8 Å². The van der Waals surface area contributed by atoms with Crippen molar-refractivity contribution in [1.29, 1.82) is 0 Å². The van der Waals surface area contributed by atoms with E-state index in [0.29, 0.717) is 21.8 Å². The molecule has 0 atom stereocenters. The van der Waals surface area contributed by atoms with Gasteiger partial charge >= 0.3 is 0 Å². The van der Waals surface area contributed by atoms with Crippen LogP contribution in [-0.4, -0.2) is 10.2 Å². The molecule has 0 radical (unpaired) electrons. The van der Waals surface area contributed by atoms with Crippen molar-refractivity contribution >= 4 is 27.3 Å². The summed E-state index contributed by atoms with van der Waals surface area (Å²) in [5.41, 5.74) is -1.12. The molecule has 1 heterocycles. The fourth-order valence-corrected chi connectivity index (χ4v) is 1.96. The van der Waals surface area contributed by atoms with Crippen LogP contribution in [0, 0.1) is 0 Å². The molecule has 0 saturated heterocycles. The third kappa shape index (κ3) is 0.971. The van der Waals surface area contributed by atoms with Crippen molar-refractivity contribution in [2.45, 2.75) is 18.5 Å². The highest BCUT2D eigenvalue weighted by Crippen LogP contribution is 2.50. The lowest BCUT2D eigenvalue weighted by Crippen LogP contribution is -1.95. The van der Waals surface area contributed by atoms with Gasteiger partial charge < -0.3 is 0 Å². The Labute approximate surface area is 69.6 Å². The lowest BCUT2D eigenvalue weighted by molar-refractivity contribution is 0.314. The lowest BCUT2D eigenvalue weighted by Gasteiger charge is -1.93. The zero-order valence-corrected chi connectivity index (χ0v) is 7.38. The highest BCUT2D eigenvalue weighted by molar-refractivity contribution is 9.11. The molecule has 10 heavy (non-hydrogen) atoms. The standard InChI is InChI=1S/C5H4BrFN2S/c6-4-9-8-3(10-4)5(7)1-2-5/h1-2H2. The number of hydrogen-bond donors (Lipinski definition) is 0.